The molecule has 0 aliphatic heterocycles. The zero-order valence-electron chi connectivity index (χ0n) is 17.1. The molecule has 1 atom stereocenters. The SMILES string of the molecule is CCN(CC(=O)NCc1ccc(F)cc1)C(C)C(=O)NCc1ccccc1OC. The van der Waals surface area contributed by atoms with Crippen LogP contribution in [0.15, 0.2) is 48.5 Å². The molecule has 0 spiro atoms. The second kappa shape index (κ2) is 11.2. The summed E-state index contributed by atoms with van der Waals surface area (Å²) in [5.41, 5.74) is 1.70. The zero-order valence-corrected chi connectivity index (χ0v) is 17.1. The number of ether oxygens (including phenoxy) is 1. The van der Waals surface area contributed by atoms with Crippen molar-refractivity contribution in [3.63, 3.8) is 0 Å². The fourth-order valence-corrected chi connectivity index (χ4v) is 2.91. The van der Waals surface area contributed by atoms with Gasteiger partial charge in [-0.1, -0.05) is 37.3 Å². The summed E-state index contributed by atoms with van der Waals surface area (Å²) < 4.78 is 18.2. The van der Waals surface area contributed by atoms with Crippen LogP contribution in [0.3, 0.4) is 0 Å². The largest absolute Gasteiger partial charge is 0.496 e. The Morgan fingerprint density at radius 3 is 2.41 bits per heavy atom. The van der Waals surface area contributed by atoms with Gasteiger partial charge in [-0.05, 0) is 37.2 Å². The van der Waals surface area contributed by atoms with Crippen LogP contribution in [0.5, 0.6) is 5.75 Å². The van der Waals surface area contributed by atoms with Crippen molar-refractivity contribution in [1.29, 1.82) is 0 Å². The zero-order chi connectivity index (χ0) is 21.2. The summed E-state index contributed by atoms with van der Waals surface area (Å²) in [6, 6.07) is 13.0. The first-order valence-corrected chi connectivity index (χ1v) is 9.59. The van der Waals surface area contributed by atoms with Gasteiger partial charge in [0.05, 0.1) is 19.7 Å². The minimum absolute atomic E-state index is 0.0982. The van der Waals surface area contributed by atoms with Gasteiger partial charge in [0.2, 0.25) is 11.8 Å². The van der Waals surface area contributed by atoms with Crippen molar-refractivity contribution >= 4 is 11.8 Å². The number of likely N-dealkylation sites (N-methyl/N-ethyl adjacent to an activating group) is 1. The fourth-order valence-electron chi connectivity index (χ4n) is 2.91. The van der Waals surface area contributed by atoms with E-state index < -0.39 is 6.04 Å². The summed E-state index contributed by atoms with van der Waals surface area (Å²) in [5.74, 6) is 0.0443. The number of halogens is 1. The second-order valence-electron chi connectivity index (χ2n) is 6.67. The van der Waals surface area contributed by atoms with Crippen LogP contribution in [-0.2, 0) is 22.7 Å². The van der Waals surface area contributed by atoms with E-state index in [1.54, 1.807) is 31.1 Å². The molecule has 156 valence electrons. The number of para-hydroxylation sites is 1. The lowest BCUT2D eigenvalue weighted by molar-refractivity contribution is -0.128. The molecule has 29 heavy (non-hydrogen) atoms. The highest BCUT2D eigenvalue weighted by molar-refractivity contribution is 5.83. The van der Waals surface area contributed by atoms with E-state index in [9.17, 15) is 14.0 Å². The van der Waals surface area contributed by atoms with Gasteiger partial charge < -0.3 is 15.4 Å². The first-order valence-electron chi connectivity index (χ1n) is 9.59. The van der Waals surface area contributed by atoms with E-state index in [4.69, 9.17) is 4.74 Å². The molecule has 0 saturated carbocycles. The van der Waals surface area contributed by atoms with Gasteiger partial charge in [0.15, 0.2) is 0 Å². The summed E-state index contributed by atoms with van der Waals surface area (Å²) in [4.78, 5) is 26.6. The molecule has 0 fully saturated rings. The predicted octanol–water partition coefficient (Wildman–Crippen LogP) is 2.48. The monoisotopic (exact) mass is 401 g/mol. The standard InChI is InChI=1S/C22H28FN3O3/c1-4-26(15-21(27)24-13-17-9-11-19(23)12-10-17)16(2)22(28)25-14-18-7-5-6-8-20(18)29-3/h5-12,16H,4,13-15H2,1-3H3,(H,24,27)(H,25,28). The van der Waals surface area contributed by atoms with Crippen LogP contribution in [0.2, 0.25) is 0 Å². The molecule has 2 aromatic rings. The van der Waals surface area contributed by atoms with Crippen molar-refractivity contribution in [2.75, 3.05) is 20.2 Å². The maximum atomic E-state index is 12.9. The summed E-state index contributed by atoms with van der Waals surface area (Å²) in [5, 5.41) is 5.70. The van der Waals surface area contributed by atoms with Crippen molar-refractivity contribution in [2.45, 2.75) is 33.0 Å². The molecule has 0 aliphatic rings. The highest BCUT2D eigenvalue weighted by Crippen LogP contribution is 2.16. The van der Waals surface area contributed by atoms with Gasteiger partial charge in [0.25, 0.3) is 0 Å². The topological polar surface area (TPSA) is 70.7 Å². The molecule has 2 aromatic carbocycles. The Balaban J connectivity index is 1.84. The van der Waals surface area contributed by atoms with E-state index in [2.05, 4.69) is 10.6 Å². The number of rotatable bonds is 10. The molecule has 2 N–H and O–H groups in total. The molecular formula is C22H28FN3O3. The van der Waals surface area contributed by atoms with E-state index in [0.717, 1.165) is 11.1 Å². The predicted molar refractivity (Wildman–Crippen MR) is 110 cm³/mol. The van der Waals surface area contributed by atoms with Crippen LogP contribution in [0.4, 0.5) is 4.39 Å². The van der Waals surface area contributed by atoms with Gasteiger partial charge in [0.1, 0.15) is 11.6 Å². The number of carbonyl (C=O) groups excluding carboxylic acids is 2. The molecule has 2 rings (SSSR count). The number of hydrogen-bond acceptors (Lipinski definition) is 4. The van der Waals surface area contributed by atoms with E-state index in [-0.39, 0.29) is 24.2 Å². The Bertz CT molecular complexity index is 811. The van der Waals surface area contributed by atoms with E-state index >= 15 is 0 Å². The molecule has 0 aliphatic carbocycles. The highest BCUT2D eigenvalue weighted by atomic mass is 19.1. The van der Waals surface area contributed by atoms with E-state index in [0.29, 0.717) is 25.4 Å². The Kier molecular flexibility index (Phi) is 8.61. The maximum absolute atomic E-state index is 12.9. The molecular weight excluding hydrogens is 373 g/mol. The van der Waals surface area contributed by atoms with Crippen LogP contribution in [0.25, 0.3) is 0 Å². The Hall–Kier alpha value is -2.93. The van der Waals surface area contributed by atoms with Crippen molar-refractivity contribution in [3.05, 3.63) is 65.5 Å². The first-order chi connectivity index (χ1) is 13.9. The van der Waals surface area contributed by atoms with Crippen LogP contribution >= 0.6 is 0 Å². The number of nitrogens with one attached hydrogen (secondary N) is 2. The normalized spacial score (nSPS) is 11.8. The van der Waals surface area contributed by atoms with Gasteiger partial charge in [0, 0.05) is 18.7 Å². The molecule has 6 nitrogen and oxygen atoms in total. The van der Waals surface area contributed by atoms with E-state index in [1.165, 1.54) is 12.1 Å². The minimum atomic E-state index is -0.466. The number of carbonyl (C=O) groups is 2. The lowest BCUT2D eigenvalue weighted by Crippen LogP contribution is -2.48. The lowest BCUT2D eigenvalue weighted by atomic mass is 10.2. The van der Waals surface area contributed by atoms with Gasteiger partial charge >= 0.3 is 0 Å². The number of hydrogen-bond donors (Lipinski definition) is 2. The minimum Gasteiger partial charge on any atom is -0.496 e. The molecule has 0 aromatic heterocycles. The summed E-state index contributed by atoms with van der Waals surface area (Å²) in [6.45, 7) is 4.98. The summed E-state index contributed by atoms with van der Waals surface area (Å²) >= 11 is 0. The molecule has 0 radical (unpaired) electrons. The van der Waals surface area contributed by atoms with Crippen molar-refractivity contribution in [3.8, 4) is 5.75 Å². The third-order valence-electron chi connectivity index (χ3n) is 4.73. The highest BCUT2D eigenvalue weighted by Gasteiger charge is 2.22. The Morgan fingerprint density at radius 1 is 1.07 bits per heavy atom. The van der Waals surface area contributed by atoms with Crippen molar-refractivity contribution in [1.82, 2.24) is 15.5 Å². The first kappa shape index (κ1) is 22.4. The van der Waals surface area contributed by atoms with Gasteiger partial charge in [-0.15, -0.1) is 0 Å². The molecule has 0 saturated heterocycles. The van der Waals surface area contributed by atoms with Crippen molar-refractivity contribution in [2.24, 2.45) is 0 Å². The Labute approximate surface area is 171 Å². The molecule has 0 heterocycles. The number of methoxy groups -OCH3 is 1. The number of benzene rings is 2. The molecule has 0 bridgehead atoms. The third-order valence-corrected chi connectivity index (χ3v) is 4.73. The van der Waals surface area contributed by atoms with Gasteiger partial charge in [-0.3, -0.25) is 14.5 Å². The molecule has 2 amide bonds. The molecule has 7 heteroatoms. The third kappa shape index (κ3) is 6.87. The fraction of sp³-hybridized carbons (Fsp3) is 0.364. The summed E-state index contributed by atoms with van der Waals surface area (Å²) in [7, 11) is 1.59. The smallest absolute Gasteiger partial charge is 0.237 e. The number of nitrogens with zero attached hydrogens (tertiary/aromatic N) is 1. The van der Waals surface area contributed by atoms with Crippen molar-refractivity contribution < 1.29 is 18.7 Å². The Morgan fingerprint density at radius 2 is 1.76 bits per heavy atom. The van der Waals surface area contributed by atoms with Gasteiger partial charge in [-0.2, -0.15) is 0 Å². The summed E-state index contributed by atoms with van der Waals surface area (Å²) in [6.07, 6.45) is 0. The number of amides is 2. The molecule has 1 unspecified atom stereocenters. The average molecular weight is 401 g/mol. The van der Waals surface area contributed by atoms with Crippen LogP contribution in [0.1, 0.15) is 25.0 Å². The van der Waals surface area contributed by atoms with E-state index in [1.807, 2.05) is 31.2 Å². The quantitative estimate of drug-likeness (QED) is 0.642. The van der Waals surface area contributed by atoms with Crippen LogP contribution in [-0.4, -0.2) is 43.0 Å². The van der Waals surface area contributed by atoms with Crippen LogP contribution < -0.4 is 15.4 Å². The maximum Gasteiger partial charge on any atom is 0.237 e. The van der Waals surface area contributed by atoms with Crippen LogP contribution in [0, 0.1) is 5.82 Å². The lowest BCUT2D eigenvalue weighted by Gasteiger charge is -2.26. The average Bonchev–Trinajstić information content (AvgIpc) is 2.75. The second-order valence-corrected chi connectivity index (χ2v) is 6.67. The van der Waals surface area contributed by atoms with Gasteiger partial charge in [-0.25, -0.2) is 4.39 Å².